The lowest BCUT2D eigenvalue weighted by atomic mass is 10.3. The van der Waals surface area contributed by atoms with Gasteiger partial charge in [-0.15, -0.1) is 0 Å². The fourth-order valence-electron chi connectivity index (χ4n) is 1.01. The number of hydrogen-bond donors (Lipinski definition) is 0. The van der Waals surface area contributed by atoms with Crippen LogP contribution in [0.5, 0.6) is 0 Å². The lowest BCUT2D eigenvalue weighted by Gasteiger charge is -2.18. The molecule has 0 aromatic carbocycles. The Morgan fingerprint density at radius 3 is 2.93 bits per heavy atom. The van der Waals surface area contributed by atoms with Gasteiger partial charge >= 0.3 is 5.97 Å². The number of carbonyl (C=O) groups is 1. The van der Waals surface area contributed by atoms with Crippen molar-refractivity contribution in [2.24, 2.45) is 0 Å². The van der Waals surface area contributed by atoms with Crippen LogP contribution in [0, 0.1) is 0 Å². The van der Waals surface area contributed by atoms with Gasteiger partial charge in [0.15, 0.2) is 0 Å². The summed E-state index contributed by atoms with van der Waals surface area (Å²) in [5, 5.41) is 0. The van der Waals surface area contributed by atoms with Crippen molar-refractivity contribution in [2.45, 2.75) is 20.0 Å². The van der Waals surface area contributed by atoms with Gasteiger partial charge in [0.2, 0.25) is 6.10 Å². The zero-order valence-electron chi connectivity index (χ0n) is 8.36. The van der Waals surface area contributed by atoms with E-state index in [4.69, 9.17) is 14.2 Å². The van der Waals surface area contributed by atoms with Crippen molar-refractivity contribution < 1.29 is 19.0 Å². The van der Waals surface area contributed by atoms with Gasteiger partial charge in [-0.2, -0.15) is 0 Å². The third kappa shape index (κ3) is 2.80. The van der Waals surface area contributed by atoms with Crippen LogP contribution in [0.3, 0.4) is 0 Å². The zero-order valence-corrected chi connectivity index (χ0v) is 8.36. The molecule has 0 saturated carbocycles. The van der Waals surface area contributed by atoms with Crippen LogP contribution in [0.25, 0.3) is 0 Å². The first-order chi connectivity index (χ1) is 6.77. The Hall–Kier alpha value is -1.45. The Labute approximate surface area is 83.1 Å². The summed E-state index contributed by atoms with van der Waals surface area (Å²) in [6.45, 7) is 4.46. The highest BCUT2D eigenvalue weighted by atomic mass is 16.7. The molecule has 1 rings (SSSR count). The molecule has 1 heterocycles. The Morgan fingerprint density at radius 2 is 2.29 bits per heavy atom. The summed E-state index contributed by atoms with van der Waals surface area (Å²) in [5.41, 5.74) is 0. The van der Waals surface area contributed by atoms with Crippen LogP contribution < -0.4 is 0 Å². The molecule has 0 aliphatic carbocycles. The van der Waals surface area contributed by atoms with E-state index in [9.17, 15) is 4.79 Å². The summed E-state index contributed by atoms with van der Waals surface area (Å²) in [7, 11) is 0. The van der Waals surface area contributed by atoms with Crippen LogP contribution in [0.2, 0.25) is 0 Å². The lowest BCUT2D eigenvalue weighted by Crippen LogP contribution is -2.26. The van der Waals surface area contributed by atoms with Crippen molar-refractivity contribution >= 4 is 5.97 Å². The second-order valence-electron chi connectivity index (χ2n) is 2.59. The van der Waals surface area contributed by atoms with Crippen LogP contribution in [0.4, 0.5) is 0 Å². The second kappa shape index (κ2) is 5.32. The van der Waals surface area contributed by atoms with Crippen LogP contribution in [0.1, 0.15) is 13.8 Å². The van der Waals surface area contributed by atoms with Crippen LogP contribution in [-0.4, -0.2) is 25.3 Å². The molecule has 0 N–H and O–H groups in total. The van der Waals surface area contributed by atoms with Gasteiger partial charge in [-0.25, -0.2) is 4.79 Å². The first-order valence-corrected chi connectivity index (χ1v) is 4.62. The summed E-state index contributed by atoms with van der Waals surface area (Å²) in [6, 6.07) is 0. The van der Waals surface area contributed by atoms with Gasteiger partial charge in [-0.3, -0.25) is 0 Å². The SMILES string of the molecule is CCOC(=O)C1C=CC=C(OCC)O1. The largest absolute Gasteiger partial charge is 0.466 e. The smallest absolute Gasteiger partial charge is 0.351 e. The molecule has 0 radical (unpaired) electrons. The van der Waals surface area contributed by atoms with E-state index in [0.717, 1.165) is 0 Å². The van der Waals surface area contributed by atoms with Gasteiger partial charge in [0.1, 0.15) is 0 Å². The molecule has 14 heavy (non-hydrogen) atoms. The fraction of sp³-hybridized carbons (Fsp3) is 0.500. The highest BCUT2D eigenvalue weighted by molar-refractivity contribution is 5.77. The van der Waals surface area contributed by atoms with Crippen molar-refractivity contribution in [2.75, 3.05) is 13.2 Å². The molecule has 0 aromatic rings. The van der Waals surface area contributed by atoms with Crippen molar-refractivity contribution in [3.8, 4) is 0 Å². The molecule has 1 atom stereocenters. The minimum Gasteiger partial charge on any atom is -0.466 e. The molecule has 0 fully saturated rings. The molecule has 0 aromatic heterocycles. The molecule has 4 nitrogen and oxygen atoms in total. The van der Waals surface area contributed by atoms with Crippen molar-refractivity contribution in [3.63, 3.8) is 0 Å². The predicted octanol–water partition coefficient (Wildman–Crippen LogP) is 1.38. The normalized spacial score (nSPS) is 19.6. The number of carbonyl (C=O) groups excluding carboxylic acids is 1. The van der Waals surface area contributed by atoms with E-state index in [2.05, 4.69) is 0 Å². The topological polar surface area (TPSA) is 44.8 Å². The third-order valence-corrected chi connectivity index (χ3v) is 1.57. The molecule has 0 saturated heterocycles. The quantitative estimate of drug-likeness (QED) is 0.640. The minimum absolute atomic E-state index is 0.347. The average molecular weight is 198 g/mol. The van der Waals surface area contributed by atoms with Gasteiger partial charge in [-0.1, -0.05) is 6.08 Å². The van der Waals surface area contributed by atoms with Crippen LogP contribution in [-0.2, 0) is 19.0 Å². The Kier molecular flexibility index (Phi) is 4.04. The molecule has 1 unspecified atom stereocenters. The number of esters is 1. The van der Waals surface area contributed by atoms with E-state index in [1.54, 1.807) is 25.2 Å². The van der Waals surface area contributed by atoms with E-state index in [-0.39, 0.29) is 0 Å². The molecule has 78 valence electrons. The van der Waals surface area contributed by atoms with Gasteiger partial charge in [-0.05, 0) is 19.9 Å². The standard InChI is InChI=1S/C10H14O4/c1-3-12-9-7-5-6-8(14-9)10(11)13-4-2/h5-8H,3-4H2,1-2H3. The van der Waals surface area contributed by atoms with Crippen LogP contribution in [0.15, 0.2) is 24.2 Å². The summed E-state index contributed by atoms with van der Waals surface area (Å²) in [5.74, 6) is -0.0397. The second-order valence-corrected chi connectivity index (χ2v) is 2.59. The monoisotopic (exact) mass is 198 g/mol. The van der Waals surface area contributed by atoms with E-state index < -0.39 is 12.1 Å². The first kappa shape index (κ1) is 10.6. The fourth-order valence-corrected chi connectivity index (χ4v) is 1.01. The summed E-state index contributed by atoms with van der Waals surface area (Å²) < 4.78 is 15.1. The first-order valence-electron chi connectivity index (χ1n) is 4.62. The summed E-state index contributed by atoms with van der Waals surface area (Å²) in [6.07, 6.45) is 4.33. The number of hydrogen-bond acceptors (Lipinski definition) is 4. The lowest BCUT2D eigenvalue weighted by molar-refractivity contribution is -0.154. The highest BCUT2D eigenvalue weighted by Crippen LogP contribution is 2.12. The Bertz CT molecular complexity index is 255. The van der Waals surface area contributed by atoms with Crippen molar-refractivity contribution in [1.82, 2.24) is 0 Å². The maximum Gasteiger partial charge on any atom is 0.351 e. The van der Waals surface area contributed by atoms with Gasteiger partial charge in [0, 0.05) is 6.08 Å². The number of rotatable bonds is 4. The van der Waals surface area contributed by atoms with Crippen molar-refractivity contribution in [3.05, 3.63) is 24.2 Å². The molecule has 0 amide bonds. The van der Waals surface area contributed by atoms with Crippen molar-refractivity contribution in [1.29, 1.82) is 0 Å². The minimum atomic E-state index is -0.679. The molecule has 1 aliphatic heterocycles. The maximum absolute atomic E-state index is 11.3. The maximum atomic E-state index is 11.3. The van der Waals surface area contributed by atoms with Gasteiger partial charge in [0.25, 0.3) is 5.95 Å². The molecule has 4 heteroatoms. The highest BCUT2D eigenvalue weighted by Gasteiger charge is 2.21. The Morgan fingerprint density at radius 1 is 1.50 bits per heavy atom. The number of allylic oxidation sites excluding steroid dienone is 2. The van der Waals surface area contributed by atoms with Crippen LogP contribution >= 0.6 is 0 Å². The molecule has 0 bridgehead atoms. The molecular weight excluding hydrogens is 184 g/mol. The molecule has 1 aliphatic rings. The number of ether oxygens (including phenoxy) is 3. The Balaban J connectivity index is 2.49. The van der Waals surface area contributed by atoms with E-state index in [0.29, 0.717) is 19.2 Å². The zero-order chi connectivity index (χ0) is 10.4. The van der Waals surface area contributed by atoms with Gasteiger partial charge in [0.05, 0.1) is 13.2 Å². The predicted molar refractivity (Wildman–Crippen MR) is 50.4 cm³/mol. The average Bonchev–Trinajstić information content (AvgIpc) is 2.19. The molecular formula is C10H14O4. The van der Waals surface area contributed by atoms with E-state index in [1.807, 2.05) is 6.92 Å². The third-order valence-electron chi connectivity index (χ3n) is 1.57. The molecule has 0 spiro atoms. The summed E-state index contributed by atoms with van der Waals surface area (Å²) in [4.78, 5) is 11.3. The van der Waals surface area contributed by atoms with Gasteiger partial charge < -0.3 is 14.2 Å². The van der Waals surface area contributed by atoms with E-state index in [1.165, 1.54) is 0 Å². The van der Waals surface area contributed by atoms with E-state index >= 15 is 0 Å². The summed E-state index contributed by atoms with van der Waals surface area (Å²) >= 11 is 0.